The lowest BCUT2D eigenvalue weighted by atomic mass is 10.1. The van der Waals surface area contributed by atoms with Crippen LogP contribution in [0.15, 0.2) is 28.7 Å². The smallest absolute Gasteiger partial charge is 0.290 e. The molecule has 1 aliphatic rings. The third-order valence-electron chi connectivity index (χ3n) is 4.06. The number of fused-ring (bicyclic) bond motifs is 1. The Hall–Kier alpha value is -2.34. The molecule has 3 rings (SSSR count). The number of furan rings is 1. The predicted molar refractivity (Wildman–Crippen MR) is 80.1 cm³/mol. The molecule has 116 valence electrons. The maximum atomic E-state index is 12.7. The van der Waals surface area contributed by atoms with Crippen LogP contribution in [0.2, 0.25) is 0 Å². The Balaban J connectivity index is 1.94. The van der Waals surface area contributed by atoms with Gasteiger partial charge < -0.3 is 19.8 Å². The van der Waals surface area contributed by atoms with Gasteiger partial charge in [0.2, 0.25) is 5.91 Å². The number of nitrogens with zero attached hydrogens (tertiary/aromatic N) is 1. The molecule has 1 atom stereocenters. The number of primary amides is 1. The molecule has 1 aromatic carbocycles. The average molecular weight is 302 g/mol. The molecule has 0 spiro atoms. The van der Waals surface area contributed by atoms with Crippen LogP contribution in [0, 0.1) is 5.92 Å². The Morgan fingerprint density at radius 2 is 2.18 bits per heavy atom. The quantitative estimate of drug-likeness (QED) is 0.928. The minimum Gasteiger partial charge on any atom is -0.451 e. The molecule has 2 N–H and O–H groups in total. The number of hydrogen-bond acceptors (Lipinski definition) is 4. The summed E-state index contributed by atoms with van der Waals surface area (Å²) in [5.74, 6) is -0.573. The first-order chi connectivity index (χ1) is 10.6. The number of nitrogens with two attached hydrogens (primary N) is 1. The van der Waals surface area contributed by atoms with Gasteiger partial charge in [0.25, 0.3) is 5.91 Å². The van der Waals surface area contributed by atoms with Gasteiger partial charge in [0.1, 0.15) is 5.58 Å². The third kappa shape index (κ3) is 2.46. The van der Waals surface area contributed by atoms with Crippen LogP contribution in [0.25, 0.3) is 11.0 Å². The molecule has 1 unspecified atom stereocenters. The maximum absolute atomic E-state index is 12.7. The van der Waals surface area contributed by atoms with E-state index in [0.717, 1.165) is 10.9 Å². The van der Waals surface area contributed by atoms with Crippen molar-refractivity contribution >= 4 is 22.8 Å². The molecular weight excluding hydrogens is 284 g/mol. The summed E-state index contributed by atoms with van der Waals surface area (Å²) in [6.45, 7) is 1.15. The molecule has 1 fully saturated rings. The van der Waals surface area contributed by atoms with Crippen LogP contribution in [0.1, 0.15) is 22.5 Å². The van der Waals surface area contributed by atoms with E-state index in [1.165, 1.54) is 0 Å². The fourth-order valence-electron chi connectivity index (χ4n) is 2.88. The van der Waals surface area contributed by atoms with Crippen molar-refractivity contribution in [2.75, 3.05) is 20.2 Å². The molecule has 2 amide bonds. The van der Waals surface area contributed by atoms with E-state index in [1.807, 2.05) is 24.3 Å². The molecule has 0 aliphatic carbocycles. The van der Waals surface area contributed by atoms with Gasteiger partial charge in [-0.2, -0.15) is 0 Å². The van der Waals surface area contributed by atoms with Gasteiger partial charge in [0.05, 0.1) is 12.5 Å². The number of rotatable bonds is 4. The Bertz CT molecular complexity index is 722. The van der Waals surface area contributed by atoms with Crippen LogP contribution in [0.5, 0.6) is 0 Å². The summed E-state index contributed by atoms with van der Waals surface area (Å²) in [6, 6.07) is 7.47. The topological polar surface area (TPSA) is 85.8 Å². The van der Waals surface area contributed by atoms with E-state index >= 15 is 0 Å². The lowest BCUT2D eigenvalue weighted by molar-refractivity contribution is -0.121. The summed E-state index contributed by atoms with van der Waals surface area (Å²) in [4.78, 5) is 25.6. The molecule has 2 heterocycles. The Morgan fingerprint density at radius 3 is 2.86 bits per heavy atom. The molecule has 1 aromatic heterocycles. The zero-order chi connectivity index (χ0) is 15.7. The zero-order valence-corrected chi connectivity index (χ0v) is 12.4. The molecule has 2 aromatic rings. The summed E-state index contributed by atoms with van der Waals surface area (Å²) in [5.41, 5.74) is 6.71. The second kappa shape index (κ2) is 5.81. The molecule has 0 radical (unpaired) electrons. The number of carbonyl (C=O) groups is 2. The SMILES string of the molecule is COCc1c(C(=O)N2CCC(C(N)=O)C2)oc2ccccc12. The summed E-state index contributed by atoms with van der Waals surface area (Å²) in [6.07, 6.45) is 0.598. The summed E-state index contributed by atoms with van der Waals surface area (Å²) >= 11 is 0. The van der Waals surface area contributed by atoms with Gasteiger partial charge in [0.15, 0.2) is 5.76 Å². The van der Waals surface area contributed by atoms with Crippen molar-refractivity contribution in [2.24, 2.45) is 11.7 Å². The van der Waals surface area contributed by atoms with E-state index in [0.29, 0.717) is 31.7 Å². The van der Waals surface area contributed by atoms with Crippen LogP contribution in [-0.4, -0.2) is 36.9 Å². The van der Waals surface area contributed by atoms with Crippen molar-refractivity contribution in [3.05, 3.63) is 35.6 Å². The molecule has 1 saturated heterocycles. The van der Waals surface area contributed by atoms with Gasteiger partial charge in [-0.15, -0.1) is 0 Å². The number of likely N-dealkylation sites (tertiary alicyclic amines) is 1. The van der Waals surface area contributed by atoms with E-state index in [9.17, 15) is 9.59 Å². The largest absolute Gasteiger partial charge is 0.451 e. The molecular formula is C16H18N2O4. The van der Waals surface area contributed by atoms with E-state index in [1.54, 1.807) is 12.0 Å². The molecule has 0 saturated carbocycles. The van der Waals surface area contributed by atoms with Crippen LogP contribution < -0.4 is 5.73 Å². The van der Waals surface area contributed by atoms with Gasteiger partial charge in [0, 0.05) is 31.1 Å². The lowest BCUT2D eigenvalue weighted by Crippen LogP contribution is -2.32. The van der Waals surface area contributed by atoms with E-state index in [2.05, 4.69) is 0 Å². The average Bonchev–Trinajstić information content (AvgIpc) is 3.12. The van der Waals surface area contributed by atoms with E-state index in [-0.39, 0.29) is 23.5 Å². The van der Waals surface area contributed by atoms with Crippen molar-refractivity contribution < 1.29 is 18.7 Å². The first-order valence-electron chi connectivity index (χ1n) is 7.19. The predicted octanol–water partition coefficient (Wildman–Crippen LogP) is 1.53. The molecule has 22 heavy (non-hydrogen) atoms. The number of carbonyl (C=O) groups excluding carboxylic acids is 2. The number of benzene rings is 1. The van der Waals surface area contributed by atoms with Gasteiger partial charge in [-0.05, 0) is 12.5 Å². The third-order valence-corrected chi connectivity index (χ3v) is 4.06. The highest BCUT2D eigenvalue weighted by Gasteiger charge is 2.33. The Kier molecular flexibility index (Phi) is 3.85. The minimum atomic E-state index is -0.364. The highest BCUT2D eigenvalue weighted by Crippen LogP contribution is 2.29. The molecule has 6 nitrogen and oxygen atoms in total. The van der Waals surface area contributed by atoms with Crippen LogP contribution in [0.3, 0.4) is 0 Å². The summed E-state index contributed by atoms with van der Waals surface area (Å²) < 4.78 is 10.9. The Labute approximate surface area is 127 Å². The van der Waals surface area contributed by atoms with E-state index in [4.69, 9.17) is 14.9 Å². The monoisotopic (exact) mass is 302 g/mol. The van der Waals surface area contributed by atoms with Crippen LogP contribution in [-0.2, 0) is 16.1 Å². The van der Waals surface area contributed by atoms with Crippen molar-refractivity contribution in [1.82, 2.24) is 4.90 Å². The minimum absolute atomic E-state index is 0.216. The lowest BCUT2D eigenvalue weighted by Gasteiger charge is -2.15. The fraction of sp³-hybridized carbons (Fsp3) is 0.375. The number of ether oxygens (including phenoxy) is 1. The molecule has 6 heteroatoms. The van der Waals surface area contributed by atoms with Crippen molar-refractivity contribution in [3.8, 4) is 0 Å². The standard InChI is InChI=1S/C16H18N2O4/c1-21-9-12-11-4-2-3-5-13(11)22-14(12)16(20)18-7-6-10(8-18)15(17)19/h2-5,10H,6-9H2,1H3,(H2,17,19). The molecule has 0 bridgehead atoms. The second-order valence-electron chi connectivity index (χ2n) is 5.48. The van der Waals surface area contributed by atoms with Gasteiger partial charge >= 0.3 is 0 Å². The first-order valence-corrected chi connectivity index (χ1v) is 7.19. The van der Waals surface area contributed by atoms with Gasteiger partial charge in [-0.1, -0.05) is 18.2 Å². The highest BCUT2D eigenvalue weighted by molar-refractivity contribution is 5.99. The second-order valence-corrected chi connectivity index (χ2v) is 5.48. The molecule has 1 aliphatic heterocycles. The first kappa shape index (κ1) is 14.6. The zero-order valence-electron chi connectivity index (χ0n) is 12.4. The van der Waals surface area contributed by atoms with Crippen molar-refractivity contribution in [1.29, 1.82) is 0 Å². The Morgan fingerprint density at radius 1 is 1.41 bits per heavy atom. The maximum Gasteiger partial charge on any atom is 0.290 e. The van der Waals surface area contributed by atoms with Crippen LogP contribution in [0.4, 0.5) is 0 Å². The van der Waals surface area contributed by atoms with Gasteiger partial charge in [-0.3, -0.25) is 9.59 Å². The number of para-hydroxylation sites is 1. The number of hydrogen-bond donors (Lipinski definition) is 1. The van der Waals surface area contributed by atoms with E-state index < -0.39 is 0 Å². The normalized spacial score (nSPS) is 18.0. The number of methoxy groups -OCH3 is 1. The van der Waals surface area contributed by atoms with Gasteiger partial charge in [-0.25, -0.2) is 0 Å². The van der Waals surface area contributed by atoms with Crippen molar-refractivity contribution in [2.45, 2.75) is 13.0 Å². The highest BCUT2D eigenvalue weighted by atomic mass is 16.5. The summed E-state index contributed by atoms with van der Waals surface area (Å²) in [7, 11) is 1.58. The van der Waals surface area contributed by atoms with Crippen molar-refractivity contribution in [3.63, 3.8) is 0 Å². The summed E-state index contributed by atoms with van der Waals surface area (Å²) in [5, 5.41) is 0.873. The fourth-order valence-corrected chi connectivity index (χ4v) is 2.88. The van der Waals surface area contributed by atoms with Crippen LogP contribution >= 0.6 is 0 Å². The number of amides is 2.